The van der Waals surface area contributed by atoms with Crippen LogP contribution in [-0.4, -0.2) is 9.97 Å². The summed E-state index contributed by atoms with van der Waals surface area (Å²) in [5.41, 5.74) is 9.99. The second-order valence-electron chi connectivity index (χ2n) is 3.04. The molecule has 0 aliphatic rings. The molecule has 0 amide bonds. The van der Waals surface area contributed by atoms with Crippen LogP contribution < -0.4 is 5.73 Å². The van der Waals surface area contributed by atoms with Gasteiger partial charge in [-0.3, -0.25) is 0 Å². The van der Waals surface area contributed by atoms with Gasteiger partial charge in [0.15, 0.2) is 5.69 Å². The molecule has 2 rings (SSSR count). The molecule has 2 heterocycles. The summed E-state index contributed by atoms with van der Waals surface area (Å²) >= 11 is 1.54. The van der Waals surface area contributed by atoms with Crippen LogP contribution in [0, 0.1) is 18.3 Å². The zero-order chi connectivity index (χ0) is 10.8. The van der Waals surface area contributed by atoms with E-state index in [9.17, 15) is 0 Å². The molecule has 0 radical (unpaired) electrons. The molecule has 2 N–H and O–H groups in total. The van der Waals surface area contributed by atoms with Gasteiger partial charge in [-0.05, 0) is 13.0 Å². The normalized spacial score (nSPS) is 9.87. The first-order valence-electron chi connectivity index (χ1n) is 4.28. The summed E-state index contributed by atoms with van der Waals surface area (Å²) in [4.78, 5) is 9.18. The summed E-state index contributed by atoms with van der Waals surface area (Å²) in [6, 6.07) is 3.69. The molecule has 0 aromatic carbocycles. The molecule has 4 nitrogen and oxygen atoms in total. The SMILES string of the molecule is Cc1ncsc1-c1cnc(C#N)c(N)c1. The fourth-order valence-electron chi connectivity index (χ4n) is 1.28. The summed E-state index contributed by atoms with van der Waals surface area (Å²) in [7, 11) is 0. The van der Waals surface area contributed by atoms with Crippen molar-refractivity contribution < 1.29 is 0 Å². The Morgan fingerprint density at radius 2 is 2.27 bits per heavy atom. The molecule has 0 fully saturated rings. The molecule has 15 heavy (non-hydrogen) atoms. The van der Waals surface area contributed by atoms with Crippen LogP contribution in [0.15, 0.2) is 17.8 Å². The number of nitrogens with zero attached hydrogens (tertiary/aromatic N) is 3. The van der Waals surface area contributed by atoms with E-state index >= 15 is 0 Å². The molecule has 74 valence electrons. The van der Waals surface area contributed by atoms with E-state index in [4.69, 9.17) is 11.0 Å². The smallest absolute Gasteiger partial charge is 0.163 e. The molecule has 2 aromatic heterocycles. The van der Waals surface area contributed by atoms with Gasteiger partial charge >= 0.3 is 0 Å². The Morgan fingerprint density at radius 1 is 1.47 bits per heavy atom. The zero-order valence-corrected chi connectivity index (χ0v) is 8.88. The third-order valence-corrected chi connectivity index (χ3v) is 3.01. The van der Waals surface area contributed by atoms with Gasteiger partial charge in [-0.1, -0.05) is 0 Å². The Morgan fingerprint density at radius 3 is 2.80 bits per heavy atom. The zero-order valence-electron chi connectivity index (χ0n) is 8.06. The first-order chi connectivity index (χ1) is 7.22. The van der Waals surface area contributed by atoms with Gasteiger partial charge < -0.3 is 5.73 Å². The molecule has 0 saturated carbocycles. The number of aromatic nitrogens is 2. The largest absolute Gasteiger partial charge is 0.396 e. The van der Waals surface area contributed by atoms with Gasteiger partial charge in [-0.15, -0.1) is 11.3 Å². The highest BCUT2D eigenvalue weighted by atomic mass is 32.1. The average molecular weight is 216 g/mol. The Labute approximate surface area is 91.0 Å². The third-order valence-electron chi connectivity index (χ3n) is 2.03. The van der Waals surface area contributed by atoms with E-state index in [0.29, 0.717) is 5.69 Å². The molecular formula is C10H8N4S. The van der Waals surface area contributed by atoms with E-state index in [1.165, 1.54) is 11.3 Å². The average Bonchev–Trinajstić information content (AvgIpc) is 2.64. The van der Waals surface area contributed by atoms with Crippen LogP contribution >= 0.6 is 11.3 Å². The highest BCUT2D eigenvalue weighted by Gasteiger charge is 2.07. The highest BCUT2D eigenvalue weighted by molar-refractivity contribution is 7.13. The second-order valence-corrected chi connectivity index (χ2v) is 3.90. The van der Waals surface area contributed by atoms with Gasteiger partial charge in [0.05, 0.1) is 21.8 Å². The standard InChI is InChI=1S/C10H8N4S/c1-6-10(15-5-14-6)7-2-8(12)9(3-11)13-4-7/h2,4-5H,12H2,1H3. The summed E-state index contributed by atoms with van der Waals surface area (Å²) in [6.07, 6.45) is 1.65. The van der Waals surface area contributed by atoms with Crippen molar-refractivity contribution in [3.8, 4) is 16.5 Å². The molecule has 0 aliphatic carbocycles. The lowest BCUT2D eigenvalue weighted by Gasteiger charge is -2.01. The summed E-state index contributed by atoms with van der Waals surface area (Å²) < 4.78 is 0. The lowest BCUT2D eigenvalue weighted by atomic mass is 10.2. The predicted octanol–water partition coefficient (Wildman–Crippen LogP) is 1.97. The van der Waals surface area contributed by atoms with Gasteiger partial charge in [-0.2, -0.15) is 5.26 Å². The van der Waals surface area contributed by atoms with Crippen LogP contribution in [0.25, 0.3) is 10.4 Å². The number of hydrogen-bond acceptors (Lipinski definition) is 5. The van der Waals surface area contributed by atoms with E-state index in [1.54, 1.807) is 17.8 Å². The number of anilines is 1. The minimum absolute atomic E-state index is 0.265. The monoisotopic (exact) mass is 216 g/mol. The van der Waals surface area contributed by atoms with Gasteiger partial charge in [0.25, 0.3) is 0 Å². The summed E-state index contributed by atoms with van der Waals surface area (Å²) in [5.74, 6) is 0. The fourth-order valence-corrected chi connectivity index (χ4v) is 2.07. The Balaban J connectivity index is 2.53. The topological polar surface area (TPSA) is 75.6 Å². The molecule has 0 bridgehead atoms. The Hall–Kier alpha value is -1.93. The van der Waals surface area contributed by atoms with E-state index in [0.717, 1.165) is 16.1 Å². The number of pyridine rings is 1. The summed E-state index contributed by atoms with van der Waals surface area (Å²) in [6.45, 7) is 1.93. The molecule has 2 aromatic rings. The number of aryl methyl sites for hydroxylation is 1. The number of nitrogen functional groups attached to an aromatic ring is 1. The first-order valence-corrected chi connectivity index (χ1v) is 5.16. The molecule has 0 atom stereocenters. The maximum Gasteiger partial charge on any atom is 0.163 e. The van der Waals surface area contributed by atoms with Gasteiger partial charge in [-0.25, -0.2) is 9.97 Å². The lowest BCUT2D eigenvalue weighted by Crippen LogP contribution is -1.94. The highest BCUT2D eigenvalue weighted by Crippen LogP contribution is 2.28. The summed E-state index contributed by atoms with van der Waals surface area (Å²) in [5, 5.41) is 8.69. The third kappa shape index (κ3) is 1.67. The van der Waals surface area contributed by atoms with E-state index < -0.39 is 0 Å². The Kier molecular flexibility index (Phi) is 2.35. The first kappa shape index (κ1) is 9.62. The van der Waals surface area contributed by atoms with Crippen molar-refractivity contribution in [3.05, 3.63) is 29.2 Å². The van der Waals surface area contributed by atoms with Crippen LogP contribution in [0.5, 0.6) is 0 Å². The van der Waals surface area contributed by atoms with Crippen molar-refractivity contribution in [2.24, 2.45) is 0 Å². The quantitative estimate of drug-likeness (QED) is 0.790. The van der Waals surface area contributed by atoms with Crippen molar-refractivity contribution in [2.45, 2.75) is 6.92 Å². The number of hydrogen-bond donors (Lipinski definition) is 1. The maximum atomic E-state index is 8.69. The number of nitrogens with two attached hydrogens (primary N) is 1. The molecule has 5 heteroatoms. The maximum absolute atomic E-state index is 8.69. The molecule has 0 unspecified atom stereocenters. The van der Waals surface area contributed by atoms with Crippen LogP contribution in [0.1, 0.15) is 11.4 Å². The van der Waals surface area contributed by atoms with Crippen molar-refractivity contribution in [1.82, 2.24) is 9.97 Å². The molecule has 0 saturated heterocycles. The minimum Gasteiger partial charge on any atom is -0.396 e. The van der Waals surface area contributed by atoms with Gasteiger partial charge in [0.1, 0.15) is 6.07 Å². The number of thiazole rings is 1. The minimum atomic E-state index is 0.265. The van der Waals surface area contributed by atoms with Crippen LogP contribution in [0.2, 0.25) is 0 Å². The lowest BCUT2D eigenvalue weighted by molar-refractivity contribution is 1.25. The van der Waals surface area contributed by atoms with Crippen molar-refractivity contribution in [3.63, 3.8) is 0 Å². The van der Waals surface area contributed by atoms with E-state index in [2.05, 4.69) is 9.97 Å². The fraction of sp³-hybridized carbons (Fsp3) is 0.100. The van der Waals surface area contributed by atoms with Crippen molar-refractivity contribution in [1.29, 1.82) is 5.26 Å². The second kappa shape index (κ2) is 3.67. The molecule has 0 aliphatic heterocycles. The van der Waals surface area contributed by atoms with Crippen LogP contribution in [0.4, 0.5) is 5.69 Å². The van der Waals surface area contributed by atoms with Crippen LogP contribution in [0.3, 0.4) is 0 Å². The van der Waals surface area contributed by atoms with Crippen molar-refractivity contribution in [2.75, 3.05) is 5.73 Å². The molecular weight excluding hydrogens is 208 g/mol. The number of nitriles is 1. The Bertz CT molecular complexity index is 539. The van der Waals surface area contributed by atoms with Gasteiger partial charge in [0, 0.05) is 11.8 Å². The van der Waals surface area contributed by atoms with Crippen LogP contribution in [-0.2, 0) is 0 Å². The van der Waals surface area contributed by atoms with Gasteiger partial charge in [0.2, 0.25) is 0 Å². The number of rotatable bonds is 1. The van der Waals surface area contributed by atoms with Crippen molar-refractivity contribution >= 4 is 17.0 Å². The van der Waals surface area contributed by atoms with E-state index in [1.807, 2.05) is 13.0 Å². The molecule has 0 spiro atoms. The predicted molar refractivity (Wildman–Crippen MR) is 59.2 cm³/mol. The van der Waals surface area contributed by atoms with E-state index in [-0.39, 0.29) is 5.69 Å².